The Kier molecular flexibility index (Phi) is 5.03. The van der Waals surface area contributed by atoms with Crippen molar-refractivity contribution in [3.05, 3.63) is 51.9 Å². The van der Waals surface area contributed by atoms with Gasteiger partial charge in [0, 0.05) is 47.8 Å². The van der Waals surface area contributed by atoms with E-state index in [9.17, 15) is 19.5 Å². The molecule has 0 amide bonds. The maximum Gasteiger partial charge on any atom is 0.339 e. The average molecular weight is 395 g/mol. The molecule has 6 heteroatoms. The second-order valence-electron chi connectivity index (χ2n) is 7.72. The minimum Gasteiger partial charge on any atom is -0.496 e. The van der Waals surface area contributed by atoms with Crippen LogP contribution < -0.4 is 4.74 Å². The van der Waals surface area contributed by atoms with E-state index in [-0.39, 0.29) is 22.9 Å². The Labute approximate surface area is 169 Å². The molecule has 0 bridgehead atoms. The van der Waals surface area contributed by atoms with Crippen LogP contribution in [0.3, 0.4) is 0 Å². The SMILES string of the molecule is CCN1C2=C(C(=O)CCC2)C(c2ccc(OC)c(C(=O)O)c2)C2=C1CCCC2=O. The van der Waals surface area contributed by atoms with Gasteiger partial charge in [0.1, 0.15) is 11.3 Å². The van der Waals surface area contributed by atoms with Crippen molar-refractivity contribution in [2.24, 2.45) is 0 Å². The van der Waals surface area contributed by atoms with E-state index in [1.165, 1.54) is 7.11 Å². The summed E-state index contributed by atoms with van der Waals surface area (Å²) in [5.74, 6) is -1.20. The third-order valence-electron chi connectivity index (χ3n) is 6.19. The molecule has 1 heterocycles. The molecule has 0 spiro atoms. The van der Waals surface area contributed by atoms with Gasteiger partial charge in [-0.2, -0.15) is 0 Å². The number of carbonyl (C=O) groups excluding carboxylic acids is 2. The number of carboxylic acids is 1. The van der Waals surface area contributed by atoms with Gasteiger partial charge in [-0.25, -0.2) is 4.79 Å². The number of hydrogen-bond acceptors (Lipinski definition) is 5. The van der Waals surface area contributed by atoms with Crippen molar-refractivity contribution >= 4 is 17.5 Å². The first kappa shape index (κ1) is 19.4. The first-order valence-corrected chi connectivity index (χ1v) is 10.2. The number of ketones is 2. The second kappa shape index (κ2) is 7.50. The number of carbonyl (C=O) groups is 3. The molecule has 1 aliphatic heterocycles. The van der Waals surface area contributed by atoms with Crippen LogP contribution in [0.15, 0.2) is 40.7 Å². The van der Waals surface area contributed by atoms with Crippen LogP contribution in [0, 0.1) is 0 Å². The lowest BCUT2D eigenvalue weighted by Gasteiger charge is -2.43. The van der Waals surface area contributed by atoms with Gasteiger partial charge in [-0.05, 0) is 50.3 Å². The van der Waals surface area contributed by atoms with Crippen molar-refractivity contribution in [2.45, 2.75) is 51.4 Å². The molecule has 2 aliphatic carbocycles. The van der Waals surface area contributed by atoms with Gasteiger partial charge in [0.2, 0.25) is 0 Å². The number of rotatable bonds is 4. The highest BCUT2D eigenvalue weighted by atomic mass is 16.5. The summed E-state index contributed by atoms with van der Waals surface area (Å²) in [6.45, 7) is 2.76. The summed E-state index contributed by atoms with van der Waals surface area (Å²) >= 11 is 0. The van der Waals surface area contributed by atoms with Gasteiger partial charge in [-0.1, -0.05) is 6.07 Å². The van der Waals surface area contributed by atoms with Gasteiger partial charge in [0.15, 0.2) is 11.6 Å². The quantitative estimate of drug-likeness (QED) is 0.834. The van der Waals surface area contributed by atoms with E-state index in [0.717, 1.165) is 37.1 Å². The van der Waals surface area contributed by atoms with Crippen molar-refractivity contribution in [3.63, 3.8) is 0 Å². The third kappa shape index (κ3) is 3.07. The number of Topliss-reactive ketones (excluding diaryl/α,β-unsaturated/α-hetero) is 2. The number of benzene rings is 1. The van der Waals surface area contributed by atoms with Crippen LogP contribution in [0.5, 0.6) is 5.75 Å². The zero-order valence-corrected chi connectivity index (χ0v) is 16.8. The topological polar surface area (TPSA) is 83.9 Å². The van der Waals surface area contributed by atoms with E-state index < -0.39 is 11.9 Å². The second-order valence-corrected chi connectivity index (χ2v) is 7.72. The molecule has 0 fully saturated rings. The first-order chi connectivity index (χ1) is 14.0. The van der Waals surface area contributed by atoms with E-state index in [0.29, 0.717) is 36.1 Å². The van der Waals surface area contributed by atoms with Crippen molar-refractivity contribution in [3.8, 4) is 5.75 Å². The van der Waals surface area contributed by atoms with E-state index in [1.54, 1.807) is 18.2 Å². The number of nitrogens with zero attached hydrogens (tertiary/aromatic N) is 1. The van der Waals surface area contributed by atoms with Crippen LogP contribution in [-0.4, -0.2) is 41.2 Å². The Morgan fingerprint density at radius 3 is 2.14 bits per heavy atom. The highest BCUT2D eigenvalue weighted by Gasteiger charge is 2.43. The first-order valence-electron chi connectivity index (χ1n) is 10.2. The molecule has 0 saturated heterocycles. The predicted molar refractivity (Wildman–Crippen MR) is 107 cm³/mol. The minimum absolute atomic E-state index is 0.0405. The molecular weight excluding hydrogens is 370 g/mol. The van der Waals surface area contributed by atoms with Crippen molar-refractivity contribution in [1.29, 1.82) is 0 Å². The summed E-state index contributed by atoms with van der Waals surface area (Å²) in [7, 11) is 1.43. The highest BCUT2D eigenvalue weighted by Crippen LogP contribution is 2.49. The molecule has 0 radical (unpaired) electrons. The standard InChI is InChI=1S/C23H25NO5/c1-3-24-15-6-4-8-17(25)21(15)20(22-16(24)7-5-9-18(22)26)13-10-11-19(29-2)14(12-13)23(27)28/h10-12,20H,3-9H2,1-2H3,(H,27,28). The van der Waals surface area contributed by atoms with Crippen molar-refractivity contribution in [2.75, 3.05) is 13.7 Å². The number of allylic oxidation sites excluding steroid dienone is 4. The zero-order valence-electron chi connectivity index (χ0n) is 16.8. The van der Waals surface area contributed by atoms with Crippen LogP contribution >= 0.6 is 0 Å². The molecule has 1 aromatic rings. The lowest BCUT2D eigenvalue weighted by molar-refractivity contribution is -0.117. The maximum atomic E-state index is 13.0. The predicted octanol–water partition coefficient (Wildman–Crippen LogP) is 3.83. The molecule has 4 rings (SSSR count). The monoisotopic (exact) mass is 395 g/mol. The van der Waals surface area contributed by atoms with Gasteiger partial charge >= 0.3 is 5.97 Å². The van der Waals surface area contributed by atoms with E-state index in [1.807, 2.05) is 6.92 Å². The molecule has 6 nitrogen and oxygen atoms in total. The molecule has 1 aromatic carbocycles. The van der Waals surface area contributed by atoms with E-state index in [4.69, 9.17) is 4.74 Å². The number of methoxy groups -OCH3 is 1. The fourth-order valence-electron chi connectivity index (χ4n) is 5.00. The summed E-state index contributed by atoms with van der Waals surface area (Å²) < 4.78 is 5.19. The fourth-order valence-corrected chi connectivity index (χ4v) is 5.00. The van der Waals surface area contributed by atoms with Crippen LogP contribution in [0.2, 0.25) is 0 Å². The fraction of sp³-hybridized carbons (Fsp3) is 0.435. The summed E-state index contributed by atoms with van der Waals surface area (Å²) in [6.07, 6.45) is 4.15. The van der Waals surface area contributed by atoms with Gasteiger partial charge in [0.25, 0.3) is 0 Å². The molecule has 0 atom stereocenters. The molecule has 0 unspecified atom stereocenters. The van der Waals surface area contributed by atoms with Gasteiger partial charge in [-0.3, -0.25) is 9.59 Å². The Hall–Kier alpha value is -2.89. The molecule has 0 saturated carbocycles. The molecular formula is C23H25NO5. The zero-order chi connectivity index (χ0) is 20.7. The molecule has 0 aromatic heterocycles. The van der Waals surface area contributed by atoms with E-state index >= 15 is 0 Å². The van der Waals surface area contributed by atoms with Gasteiger partial charge < -0.3 is 14.7 Å². The third-order valence-corrected chi connectivity index (χ3v) is 6.19. The number of carboxylic acid groups (broad SMARTS) is 1. The Bertz CT molecular complexity index is 927. The van der Waals surface area contributed by atoms with Crippen molar-refractivity contribution < 1.29 is 24.2 Å². The van der Waals surface area contributed by atoms with Crippen molar-refractivity contribution in [1.82, 2.24) is 4.90 Å². The molecule has 1 N–H and O–H groups in total. The van der Waals surface area contributed by atoms with Crippen LogP contribution in [0.1, 0.15) is 67.3 Å². The molecule has 29 heavy (non-hydrogen) atoms. The van der Waals surface area contributed by atoms with Crippen LogP contribution in [-0.2, 0) is 9.59 Å². The Balaban J connectivity index is 1.97. The number of hydrogen-bond donors (Lipinski definition) is 1. The van der Waals surface area contributed by atoms with Gasteiger partial charge in [-0.15, -0.1) is 0 Å². The molecule has 152 valence electrons. The van der Waals surface area contributed by atoms with Crippen LogP contribution in [0.4, 0.5) is 0 Å². The summed E-state index contributed by atoms with van der Waals surface area (Å²) in [4.78, 5) is 40.0. The summed E-state index contributed by atoms with van der Waals surface area (Å²) in [5, 5.41) is 9.62. The number of ether oxygens (including phenoxy) is 1. The summed E-state index contributed by atoms with van der Waals surface area (Å²) in [5.41, 5.74) is 4.08. The average Bonchev–Trinajstić information content (AvgIpc) is 2.72. The Morgan fingerprint density at radius 1 is 1.07 bits per heavy atom. The maximum absolute atomic E-state index is 13.0. The Morgan fingerprint density at radius 2 is 1.66 bits per heavy atom. The van der Waals surface area contributed by atoms with Crippen LogP contribution in [0.25, 0.3) is 0 Å². The minimum atomic E-state index is -1.09. The number of aromatic carboxylic acids is 1. The lowest BCUT2D eigenvalue weighted by Crippen LogP contribution is -2.39. The molecule has 3 aliphatic rings. The smallest absolute Gasteiger partial charge is 0.339 e. The largest absolute Gasteiger partial charge is 0.496 e. The normalized spacial score (nSPS) is 20.0. The lowest BCUT2D eigenvalue weighted by atomic mass is 9.70. The summed E-state index contributed by atoms with van der Waals surface area (Å²) in [6, 6.07) is 4.97. The highest BCUT2D eigenvalue weighted by molar-refractivity contribution is 6.06. The van der Waals surface area contributed by atoms with E-state index in [2.05, 4.69) is 4.90 Å². The van der Waals surface area contributed by atoms with Gasteiger partial charge in [0.05, 0.1) is 7.11 Å².